The van der Waals surface area contributed by atoms with Crippen molar-refractivity contribution >= 4 is 17.1 Å². The number of nitrogens with zero attached hydrogens (tertiary/aromatic N) is 1. The van der Waals surface area contributed by atoms with Crippen LogP contribution in [0.3, 0.4) is 0 Å². The van der Waals surface area contributed by atoms with Gasteiger partial charge >= 0.3 is 0 Å². The molecule has 74 valence electrons. The van der Waals surface area contributed by atoms with Crippen molar-refractivity contribution in [2.24, 2.45) is 5.92 Å². The first-order valence-corrected chi connectivity index (χ1v) is 6.10. The Kier molecular flexibility index (Phi) is 1.78. The molecule has 0 N–H and O–H groups in total. The van der Waals surface area contributed by atoms with Crippen molar-refractivity contribution in [3.8, 4) is 0 Å². The summed E-state index contributed by atoms with van der Waals surface area (Å²) >= 11 is 1.66. The Bertz CT molecular complexity index is 396. The molecule has 1 heterocycles. The van der Waals surface area contributed by atoms with E-state index in [9.17, 15) is 4.79 Å². The van der Waals surface area contributed by atoms with Gasteiger partial charge in [0, 0.05) is 12.3 Å². The monoisotopic (exact) mass is 207 g/mol. The van der Waals surface area contributed by atoms with Crippen LogP contribution in [0.5, 0.6) is 0 Å². The maximum atomic E-state index is 11.6. The summed E-state index contributed by atoms with van der Waals surface area (Å²) in [6, 6.07) is 0. The lowest BCUT2D eigenvalue weighted by molar-refractivity contribution is 0.0976. The van der Waals surface area contributed by atoms with Gasteiger partial charge in [0.25, 0.3) is 0 Å². The molecule has 14 heavy (non-hydrogen) atoms. The zero-order chi connectivity index (χ0) is 9.71. The Morgan fingerprint density at radius 2 is 2.21 bits per heavy atom. The summed E-state index contributed by atoms with van der Waals surface area (Å²) in [5.41, 5.74) is 1.08. The molecule has 0 spiro atoms. The number of fused-ring (bicyclic) bond motifs is 1. The lowest BCUT2D eigenvalue weighted by Gasteiger charge is -2.06. The fraction of sp³-hybridized carbons (Fsp3) is 0.636. The van der Waals surface area contributed by atoms with Gasteiger partial charge in [0.05, 0.1) is 15.6 Å². The largest absolute Gasteiger partial charge is 0.293 e. The molecule has 2 aliphatic rings. The Labute approximate surface area is 87.4 Å². The van der Waals surface area contributed by atoms with Crippen LogP contribution >= 0.6 is 11.3 Å². The smallest absolute Gasteiger partial charge is 0.174 e. The first kappa shape index (κ1) is 8.60. The van der Waals surface area contributed by atoms with Crippen LogP contribution in [-0.2, 0) is 6.42 Å². The van der Waals surface area contributed by atoms with E-state index in [1.165, 1.54) is 11.4 Å². The second kappa shape index (κ2) is 2.89. The molecule has 1 aromatic heterocycles. The average Bonchev–Trinajstić information content (AvgIpc) is 2.75. The normalized spacial score (nSPS) is 30.2. The van der Waals surface area contributed by atoms with E-state index in [1.54, 1.807) is 11.3 Å². The Morgan fingerprint density at radius 1 is 1.43 bits per heavy atom. The summed E-state index contributed by atoms with van der Waals surface area (Å²) in [4.78, 5) is 17.2. The number of aromatic nitrogens is 1. The zero-order valence-corrected chi connectivity index (χ0v) is 9.06. The molecule has 0 aromatic carbocycles. The third-order valence-electron chi connectivity index (χ3n) is 3.21. The highest BCUT2D eigenvalue weighted by atomic mass is 32.1. The van der Waals surface area contributed by atoms with Gasteiger partial charge in [-0.3, -0.25) is 4.79 Å². The summed E-state index contributed by atoms with van der Waals surface area (Å²) in [6.45, 7) is 2.26. The Balaban J connectivity index is 1.98. The van der Waals surface area contributed by atoms with E-state index in [1.807, 2.05) is 0 Å². The van der Waals surface area contributed by atoms with Gasteiger partial charge in [-0.25, -0.2) is 4.98 Å². The van der Waals surface area contributed by atoms with E-state index in [2.05, 4.69) is 11.9 Å². The highest BCUT2D eigenvalue weighted by molar-refractivity contribution is 7.14. The van der Waals surface area contributed by atoms with Crippen LogP contribution in [0.4, 0.5) is 0 Å². The fourth-order valence-corrected chi connectivity index (χ4v) is 3.44. The molecule has 0 amide bonds. The van der Waals surface area contributed by atoms with Crippen LogP contribution in [0.25, 0.3) is 0 Å². The second-order valence-corrected chi connectivity index (χ2v) is 5.45. The number of carbonyl (C=O) groups is 1. The average molecular weight is 207 g/mol. The summed E-state index contributed by atoms with van der Waals surface area (Å²) in [7, 11) is 0. The van der Waals surface area contributed by atoms with Crippen LogP contribution in [0, 0.1) is 5.92 Å². The van der Waals surface area contributed by atoms with Gasteiger partial charge in [-0.05, 0) is 25.2 Å². The first-order chi connectivity index (χ1) is 6.75. The fourth-order valence-electron chi connectivity index (χ4n) is 2.11. The van der Waals surface area contributed by atoms with E-state index in [0.717, 1.165) is 35.8 Å². The number of hydrogen-bond acceptors (Lipinski definition) is 3. The third kappa shape index (κ3) is 1.22. The van der Waals surface area contributed by atoms with Gasteiger partial charge in [-0.15, -0.1) is 11.3 Å². The number of hydrogen-bond donors (Lipinski definition) is 0. The summed E-state index contributed by atoms with van der Waals surface area (Å²) < 4.78 is 0. The van der Waals surface area contributed by atoms with Gasteiger partial charge in [0.2, 0.25) is 0 Å². The van der Waals surface area contributed by atoms with Crippen molar-refractivity contribution < 1.29 is 4.79 Å². The van der Waals surface area contributed by atoms with E-state index in [0.29, 0.717) is 11.7 Å². The minimum absolute atomic E-state index is 0.323. The van der Waals surface area contributed by atoms with Crippen molar-refractivity contribution in [3.63, 3.8) is 0 Å². The molecule has 3 heteroatoms. The van der Waals surface area contributed by atoms with Crippen LogP contribution in [-0.4, -0.2) is 10.8 Å². The van der Waals surface area contributed by atoms with Gasteiger partial charge < -0.3 is 0 Å². The van der Waals surface area contributed by atoms with Crippen molar-refractivity contribution in [1.82, 2.24) is 4.98 Å². The molecule has 0 bridgehead atoms. The maximum absolute atomic E-state index is 11.6. The van der Waals surface area contributed by atoms with Gasteiger partial charge in [0.1, 0.15) is 0 Å². The molecule has 3 rings (SSSR count). The van der Waals surface area contributed by atoms with E-state index < -0.39 is 0 Å². The van der Waals surface area contributed by atoms with Crippen LogP contribution < -0.4 is 0 Å². The number of rotatable bonds is 1. The standard InChI is InChI=1S/C11H13NOS/c1-6-5-7(6)11-12-8-3-2-4-9(13)10(8)14-11/h6-7H,2-5H2,1H3. The van der Waals surface area contributed by atoms with E-state index >= 15 is 0 Å². The molecule has 0 radical (unpaired) electrons. The molecule has 1 aromatic rings. The van der Waals surface area contributed by atoms with Crippen molar-refractivity contribution in [1.29, 1.82) is 0 Å². The van der Waals surface area contributed by atoms with Gasteiger partial charge in [-0.1, -0.05) is 6.92 Å². The molecule has 2 aliphatic carbocycles. The Morgan fingerprint density at radius 3 is 2.86 bits per heavy atom. The molecule has 2 atom stereocenters. The lowest BCUT2D eigenvalue weighted by Crippen LogP contribution is -2.07. The summed E-state index contributed by atoms with van der Waals surface area (Å²) in [6.07, 6.45) is 4.00. The molecule has 1 saturated carbocycles. The first-order valence-electron chi connectivity index (χ1n) is 5.28. The van der Waals surface area contributed by atoms with E-state index in [-0.39, 0.29) is 0 Å². The zero-order valence-electron chi connectivity index (χ0n) is 8.25. The van der Waals surface area contributed by atoms with Crippen molar-refractivity contribution in [3.05, 3.63) is 15.6 Å². The highest BCUT2D eigenvalue weighted by Crippen LogP contribution is 2.49. The quantitative estimate of drug-likeness (QED) is 0.708. The van der Waals surface area contributed by atoms with Gasteiger partial charge in [-0.2, -0.15) is 0 Å². The second-order valence-electron chi connectivity index (χ2n) is 4.42. The number of aryl methyl sites for hydroxylation is 1. The minimum atomic E-state index is 0.323. The van der Waals surface area contributed by atoms with Crippen molar-refractivity contribution in [2.75, 3.05) is 0 Å². The molecule has 0 aliphatic heterocycles. The molecule has 0 saturated heterocycles. The van der Waals surface area contributed by atoms with Crippen molar-refractivity contribution in [2.45, 2.75) is 38.5 Å². The number of thiazole rings is 1. The van der Waals surface area contributed by atoms with Crippen LogP contribution in [0.1, 0.15) is 52.5 Å². The predicted octanol–water partition coefficient (Wildman–Crippen LogP) is 2.79. The number of Topliss-reactive ketones (excluding diaryl/α,β-unsaturated/α-hetero) is 1. The summed E-state index contributed by atoms with van der Waals surface area (Å²) in [5.74, 6) is 1.78. The maximum Gasteiger partial charge on any atom is 0.174 e. The molecule has 2 unspecified atom stereocenters. The lowest BCUT2D eigenvalue weighted by atomic mass is 10.0. The third-order valence-corrected chi connectivity index (χ3v) is 4.48. The predicted molar refractivity (Wildman–Crippen MR) is 55.9 cm³/mol. The Hall–Kier alpha value is -0.700. The SMILES string of the molecule is CC1CC1c1nc2c(s1)C(=O)CCC2. The molecule has 2 nitrogen and oxygen atoms in total. The molecule has 1 fully saturated rings. The molecular weight excluding hydrogens is 194 g/mol. The van der Waals surface area contributed by atoms with E-state index in [4.69, 9.17) is 0 Å². The number of carbonyl (C=O) groups excluding carboxylic acids is 1. The molecular formula is C11H13NOS. The van der Waals surface area contributed by atoms with Crippen LogP contribution in [0.2, 0.25) is 0 Å². The van der Waals surface area contributed by atoms with Gasteiger partial charge in [0.15, 0.2) is 5.78 Å². The number of ketones is 1. The topological polar surface area (TPSA) is 30.0 Å². The summed E-state index contributed by atoms with van der Waals surface area (Å²) in [5, 5.41) is 1.22. The highest BCUT2D eigenvalue weighted by Gasteiger charge is 2.38. The minimum Gasteiger partial charge on any atom is -0.293 e. The van der Waals surface area contributed by atoms with Crippen LogP contribution in [0.15, 0.2) is 0 Å².